The molecule has 1 unspecified atom stereocenters. The van der Waals surface area contributed by atoms with Crippen molar-refractivity contribution in [3.63, 3.8) is 0 Å². The molecule has 1 atom stereocenters. The Morgan fingerprint density at radius 1 is 1.58 bits per heavy atom. The monoisotopic (exact) mass is 343 g/mol. The minimum absolute atomic E-state index is 0.0303. The molecular formula is C13H18BrN3OS. The van der Waals surface area contributed by atoms with Gasteiger partial charge in [0.05, 0.1) is 11.6 Å². The molecule has 0 saturated heterocycles. The van der Waals surface area contributed by atoms with Gasteiger partial charge in [-0.1, -0.05) is 19.1 Å². The number of nitrogens with two attached hydrogens (primary N) is 1. The largest absolute Gasteiger partial charge is 0.389 e. The van der Waals surface area contributed by atoms with E-state index in [-0.39, 0.29) is 11.8 Å². The number of nitrogens with zero attached hydrogens (tertiary/aromatic N) is 1. The minimum atomic E-state index is -0.0860. The predicted molar refractivity (Wildman–Crippen MR) is 86.5 cm³/mol. The van der Waals surface area contributed by atoms with Gasteiger partial charge in [0.1, 0.15) is 4.99 Å². The molecule has 6 heteroatoms. The number of hydrogen-bond acceptors (Lipinski definition) is 3. The highest BCUT2D eigenvalue weighted by atomic mass is 79.9. The molecule has 4 nitrogen and oxygen atoms in total. The van der Waals surface area contributed by atoms with Gasteiger partial charge in [-0.2, -0.15) is 0 Å². The maximum atomic E-state index is 11.5. The molecule has 0 aliphatic carbocycles. The molecule has 1 aromatic rings. The Balaban J connectivity index is 2.85. The van der Waals surface area contributed by atoms with Crippen LogP contribution in [0.25, 0.3) is 0 Å². The minimum Gasteiger partial charge on any atom is -0.389 e. The third-order valence-corrected chi connectivity index (χ3v) is 3.76. The Bertz CT molecular complexity index is 493. The fourth-order valence-corrected chi connectivity index (χ4v) is 2.62. The number of carbonyl (C=O) groups excluding carboxylic acids is 1. The van der Waals surface area contributed by atoms with E-state index in [1.807, 2.05) is 37.1 Å². The molecule has 104 valence electrons. The summed E-state index contributed by atoms with van der Waals surface area (Å²) >= 11 is 8.44. The Kier molecular flexibility index (Phi) is 5.75. The lowest BCUT2D eigenvalue weighted by atomic mass is 10.1. The number of anilines is 1. The highest BCUT2D eigenvalue weighted by Crippen LogP contribution is 2.27. The number of rotatable bonds is 5. The average molecular weight is 344 g/mol. The summed E-state index contributed by atoms with van der Waals surface area (Å²) in [4.78, 5) is 13.9. The Labute approximate surface area is 127 Å². The molecule has 0 bridgehead atoms. The fourth-order valence-electron chi connectivity index (χ4n) is 1.81. The number of hydrogen-bond donors (Lipinski definition) is 2. The Morgan fingerprint density at radius 2 is 2.21 bits per heavy atom. The van der Waals surface area contributed by atoms with Crippen LogP contribution in [0, 0.1) is 5.92 Å². The smallest absolute Gasteiger partial charge is 0.224 e. The van der Waals surface area contributed by atoms with Crippen molar-refractivity contribution >= 4 is 44.7 Å². The number of amides is 1. The highest BCUT2D eigenvalue weighted by molar-refractivity contribution is 9.10. The molecule has 0 aromatic heterocycles. The van der Waals surface area contributed by atoms with Crippen LogP contribution < -0.4 is 16.0 Å². The number of benzene rings is 1. The Hall–Kier alpha value is -1.14. The lowest BCUT2D eigenvalue weighted by Crippen LogP contribution is -2.34. The summed E-state index contributed by atoms with van der Waals surface area (Å²) in [5, 5.41) is 2.65. The summed E-state index contributed by atoms with van der Waals surface area (Å²) in [5.74, 6) is -0.0557. The molecule has 0 fully saturated rings. The average Bonchev–Trinajstić information content (AvgIpc) is 2.37. The second kappa shape index (κ2) is 6.86. The second-order valence-corrected chi connectivity index (χ2v) is 5.72. The van der Waals surface area contributed by atoms with Gasteiger partial charge in [0.15, 0.2) is 0 Å². The lowest BCUT2D eigenvalue weighted by Gasteiger charge is -2.24. The predicted octanol–water partition coefficient (Wildman–Crippen LogP) is 1.90. The first kappa shape index (κ1) is 15.9. The standard InChI is InChI=1S/C13H18BrN3OS/c1-8(13(18)16-2)7-17(3)11-5-4-9(12(15)19)6-10(11)14/h4-6,8H,7H2,1-3H3,(H2,15,19)(H,16,18). The van der Waals surface area contributed by atoms with Crippen LogP contribution in [0.1, 0.15) is 12.5 Å². The summed E-state index contributed by atoms with van der Waals surface area (Å²) in [6.07, 6.45) is 0. The second-order valence-electron chi connectivity index (χ2n) is 4.43. The van der Waals surface area contributed by atoms with E-state index in [0.717, 1.165) is 15.7 Å². The van der Waals surface area contributed by atoms with Crippen molar-refractivity contribution in [3.05, 3.63) is 28.2 Å². The van der Waals surface area contributed by atoms with Crippen LogP contribution in [0.5, 0.6) is 0 Å². The van der Waals surface area contributed by atoms with Gasteiger partial charge in [0, 0.05) is 30.7 Å². The summed E-state index contributed by atoms with van der Waals surface area (Å²) in [5.41, 5.74) is 7.41. The van der Waals surface area contributed by atoms with E-state index in [1.165, 1.54) is 0 Å². The quantitative estimate of drug-likeness (QED) is 0.801. The number of carbonyl (C=O) groups is 1. The first-order chi connectivity index (χ1) is 8.86. The van der Waals surface area contributed by atoms with Gasteiger partial charge in [-0.05, 0) is 34.1 Å². The third kappa shape index (κ3) is 4.18. The zero-order valence-corrected chi connectivity index (χ0v) is 13.6. The highest BCUT2D eigenvalue weighted by Gasteiger charge is 2.15. The summed E-state index contributed by atoms with van der Waals surface area (Å²) in [6.45, 7) is 2.53. The van der Waals surface area contributed by atoms with Crippen molar-refractivity contribution in [2.45, 2.75) is 6.92 Å². The van der Waals surface area contributed by atoms with Crippen molar-refractivity contribution in [1.82, 2.24) is 5.32 Å². The van der Waals surface area contributed by atoms with Crippen LogP contribution in [0.3, 0.4) is 0 Å². The van der Waals surface area contributed by atoms with Gasteiger partial charge in [0.2, 0.25) is 5.91 Å². The SMILES string of the molecule is CNC(=O)C(C)CN(C)c1ccc(C(N)=S)cc1Br. The maximum absolute atomic E-state index is 11.5. The van der Waals surface area contributed by atoms with Crippen LogP contribution in [-0.2, 0) is 4.79 Å². The van der Waals surface area contributed by atoms with Crippen molar-refractivity contribution in [2.75, 3.05) is 25.5 Å². The van der Waals surface area contributed by atoms with Gasteiger partial charge in [-0.15, -0.1) is 0 Å². The molecule has 0 saturated carbocycles. The third-order valence-electron chi connectivity index (χ3n) is 2.89. The van der Waals surface area contributed by atoms with E-state index in [2.05, 4.69) is 21.2 Å². The summed E-state index contributed by atoms with van der Waals surface area (Å²) < 4.78 is 0.907. The van der Waals surface area contributed by atoms with Crippen LogP contribution in [-0.4, -0.2) is 31.5 Å². The van der Waals surface area contributed by atoms with E-state index in [4.69, 9.17) is 18.0 Å². The van der Waals surface area contributed by atoms with Crippen molar-refractivity contribution < 1.29 is 4.79 Å². The molecule has 1 amide bonds. The van der Waals surface area contributed by atoms with Gasteiger partial charge >= 0.3 is 0 Å². The molecule has 19 heavy (non-hydrogen) atoms. The zero-order valence-electron chi connectivity index (χ0n) is 11.2. The molecule has 0 heterocycles. The van der Waals surface area contributed by atoms with Crippen molar-refractivity contribution in [3.8, 4) is 0 Å². The molecule has 1 aromatic carbocycles. The topological polar surface area (TPSA) is 58.4 Å². The number of thiocarbonyl (C=S) groups is 1. The van der Waals surface area contributed by atoms with Gasteiger partial charge < -0.3 is 16.0 Å². The van der Waals surface area contributed by atoms with E-state index in [9.17, 15) is 4.79 Å². The Morgan fingerprint density at radius 3 is 2.68 bits per heavy atom. The molecule has 0 radical (unpaired) electrons. The van der Waals surface area contributed by atoms with E-state index in [1.54, 1.807) is 7.05 Å². The normalized spacial score (nSPS) is 11.8. The van der Waals surface area contributed by atoms with E-state index >= 15 is 0 Å². The van der Waals surface area contributed by atoms with Gasteiger partial charge in [-0.25, -0.2) is 0 Å². The summed E-state index contributed by atoms with van der Waals surface area (Å²) in [6, 6.07) is 5.71. The maximum Gasteiger partial charge on any atom is 0.224 e. The first-order valence-electron chi connectivity index (χ1n) is 5.89. The lowest BCUT2D eigenvalue weighted by molar-refractivity contribution is -0.123. The van der Waals surface area contributed by atoms with E-state index < -0.39 is 0 Å². The summed E-state index contributed by atoms with van der Waals surface area (Å²) in [7, 11) is 3.59. The molecule has 0 aliphatic rings. The molecular weight excluding hydrogens is 326 g/mol. The van der Waals surface area contributed by atoms with Crippen LogP contribution in [0.4, 0.5) is 5.69 Å². The first-order valence-corrected chi connectivity index (χ1v) is 7.09. The van der Waals surface area contributed by atoms with Gasteiger partial charge in [0.25, 0.3) is 0 Å². The van der Waals surface area contributed by atoms with Crippen molar-refractivity contribution in [2.24, 2.45) is 11.7 Å². The number of halogens is 1. The van der Waals surface area contributed by atoms with Crippen LogP contribution in [0.2, 0.25) is 0 Å². The molecule has 0 spiro atoms. The molecule has 1 rings (SSSR count). The van der Waals surface area contributed by atoms with Crippen LogP contribution in [0.15, 0.2) is 22.7 Å². The fraction of sp³-hybridized carbons (Fsp3) is 0.385. The molecule has 0 aliphatic heterocycles. The van der Waals surface area contributed by atoms with Gasteiger partial charge in [-0.3, -0.25) is 4.79 Å². The van der Waals surface area contributed by atoms with Crippen LogP contribution >= 0.6 is 28.1 Å². The molecule has 3 N–H and O–H groups in total. The zero-order chi connectivity index (χ0) is 14.6. The van der Waals surface area contributed by atoms with Crippen molar-refractivity contribution in [1.29, 1.82) is 0 Å². The number of nitrogens with one attached hydrogen (secondary N) is 1. The van der Waals surface area contributed by atoms with E-state index in [0.29, 0.717) is 11.5 Å².